The van der Waals surface area contributed by atoms with Crippen LogP contribution in [0.4, 0.5) is 0 Å². The monoisotopic (exact) mass is 318 g/mol. The summed E-state index contributed by atoms with van der Waals surface area (Å²) < 4.78 is 5.17. The van der Waals surface area contributed by atoms with Crippen molar-refractivity contribution in [2.45, 2.75) is 6.42 Å². The van der Waals surface area contributed by atoms with E-state index in [9.17, 15) is 0 Å². The van der Waals surface area contributed by atoms with Crippen LogP contribution in [0, 0.1) is 11.3 Å². The topological polar surface area (TPSA) is 78.5 Å². The summed E-state index contributed by atoms with van der Waals surface area (Å²) >= 11 is 12.0. The first-order valence-electron chi connectivity index (χ1n) is 6.01. The predicted octanol–water partition coefficient (Wildman–Crippen LogP) is 3.83. The lowest BCUT2D eigenvalue weighted by molar-refractivity contribution is 0.423. The Morgan fingerprint density at radius 3 is 2.81 bits per heavy atom. The Morgan fingerprint density at radius 2 is 2.10 bits per heavy atom. The summed E-state index contributed by atoms with van der Waals surface area (Å²) in [5.41, 5.74) is 1.90. The largest absolute Gasteiger partial charge is 0.342 e. The van der Waals surface area contributed by atoms with Gasteiger partial charge in [0.05, 0.1) is 0 Å². The van der Waals surface area contributed by atoms with E-state index in [0.29, 0.717) is 39.6 Å². The van der Waals surface area contributed by atoms with Crippen LogP contribution in [0.25, 0.3) is 11.6 Å². The van der Waals surface area contributed by atoms with Gasteiger partial charge < -0.3 is 9.51 Å². The molecule has 0 fully saturated rings. The molecular weight excluding hydrogens is 311 g/mol. The molecule has 0 aliphatic heterocycles. The Balaban J connectivity index is 1.83. The Labute approximate surface area is 130 Å². The number of benzene rings is 1. The highest BCUT2D eigenvalue weighted by Crippen LogP contribution is 2.23. The van der Waals surface area contributed by atoms with Crippen LogP contribution in [-0.2, 0) is 6.42 Å². The van der Waals surface area contributed by atoms with E-state index in [4.69, 9.17) is 33.0 Å². The second-order valence-electron chi connectivity index (χ2n) is 4.33. The fraction of sp³-hybridized carbons (Fsp3) is 0.0714. The number of halogens is 2. The van der Waals surface area contributed by atoms with Crippen molar-refractivity contribution in [1.29, 1.82) is 5.26 Å². The van der Waals surface area contributed by atoms with Gasteiger partial charge in [-0.1, -0.05) is 34.4 Å². The lowest BCUT2D eigenvalue weighted by atomic mass is 10.1. The standard InChI is InChI=1S/C14H8Cl2N4O/c15-9-2-1-8(11(16)6-9)5-13-19-14(21-20-13)12-4-3-10(7-17)18-12/h1-4,6,18H,5H2. The van der Waals surface area contributed by atoms with Crippen LogP contribution in [0.5, 0.6) is 0 Å². The van der Waals surface area contributed by atoms with Gasteiger partial charge in [0.25, 0.3) is 5.89 Å². The summed E-state index contributed by atoms with van der Waals surface area (Å²) in [4.78, 5) is 7.15. The SMILES string of the molecule is N#Cc1ccc(-c2nc(Cc3ccc(Cl)cc3Cl)no2)[nH]1. The summed E-state index contributed by atoms with van der Waals surface area (Å²) in [7, 11) is 0. The molecule has 2 aromatic heterocycles. The molecule has 0 spiro atoms. The highest BCUT2D eigenvalue weighted by Gasteiger charge is 2.12. The van der Waals surface area contributed by atoms with Crippen molar-refractivity contribution < 1.29 is 4.52 Å². The first-order valence-corrected chi connectivity index (χ1v) is 6.77. The summed E-state index contributed by atoms with van der Waals surface area (Å²) in [6.45, 7) is 0. The van der Waals surface area contributed by atoms with E-state index in [1.54, 1.807) is 24.3 Å². The maximum absolute atomic E-state index is 8.78. The van der Waals surface area contributed by atoms with Gasteiger partial charge >= 0.3 is 0 Å². The molecule has 0 aliphatic rings. The zero-order valence-electron chi connectivity index (χ0n) is 10.6. The normalized spacial score (nSPS) is 10.5. The molecule has 7 heteroatoms. The van der Waals surface area contributed by atoms with E-state index >= 15 is 0 Å². The van der Waals surface area contributed by atoms with E-state index in [1.165, 1.54) is 0 Å². The molecule has 0 bridgehead atoms. The van der Waals surface area contributed by atoms with Gasteiger partial charge in [-0.2, -0.15) is 10.2 Å². The van der Waals surface area contributed by atoms with Crippen LogP contribution in [0.1, 0.15) is 17.1 Å². The summed E-state index contributed by atoms with van der Waals surface area (Å²) in [6.07, 6.45) is 0.436. The molecule has 0 saturated heterocycles. The third-order valence-corrected chi connectivity index (χ3v) is 3.46. The molecule has 2 heterocycles. The van der Waals surface area contributed by atoms with Crippen LogP contribution in [-0.4, -0.2) is 15.1 Å². The number of H-pyrrole nitrogens is 1. The number of rotatable bonds is 3. The van der Waals surface area contributed by atoms with Crippen molar-refractivity contribution in [1.82, 2.24) is 15.1 Å². The lowest BCUT2D eigenvalue weighted by Gasteiger charge is -2.00. The smallest absolute Gasteiger partial charge is 0.274 e. The van der Waals surface area contributed by atoms with E-state index < -0.39 is 0 Å². The molecule has 0 atom stereocenters. The van der Waals surface area contributed by atoms with Crippen LogP contribution in [0.3, 0.4) is 0 Å². The maximum Gasteiger partial charge on any atom is 0.274 e. The maximum atomic E-state index is 8.78. The second kappa shape index (κ2) is 5.60. The van der Waals surface area contributed by atoms with Gasteiger partial charge in [0.15, 0.2) is 5.82 Å². The number of nitrogens with zero attached hydrogens (tertiary/aromatic N) is 3. The zero-order valence-corrected chi connectivity index (χ0v) is 12.1. The van der Waals surface area contributed by atoms with E-state index in [-0.39, 0.29) is 0 Å². The van der Waals surface area contributed by atoms with Gasteiger partial charge in [-0.25, -0.2) is 0 Å². The van der Waals surface area contributed by atoms with Gasteiger partial charge in [-0.15, -0.1) is 0 Å². The van der Waals surface area contributed by atoms with E-state index in [0.717, 1.165) is 5.56 Å². The molecule has 0 radical (unpaired) electrons. The molecule has 0 amide bonds. The summed E-state index contributed by atoms with van der Waals surface area (Å²) in [6, 6.07) is 10.6. The Kier molecular flexibility index (Phi) is 3.65. The number of hydrogen-bond donors (Lipinski definition) is 1. The Bertz CT molecular complexity index is 832. The quantitative estimate of drug-likeness (QED) is 0.795. The van der Waals surface area contributed by atoms with Crippen molar-refractivity contribution in [3.05, 3.63) is 57.5 Å². The number of nitriles is 1. The molecule has 1 N–H and O–H groups in total. The minimum atomic E-state index is 0.330. The molecule has 21 heavy (non-hydrogen) atoms. The first-order chi connectivity index (χ1) is 10.2. The van der Waals surface area contributed by atoms with Gasteiger partial charge in [0.1, 0.15) is 17.5 Å². The van der Waals surface area contributed by atoms with Gasteiger partial charge in [-0.3, -0.25) is 0 Å². The van der Waals surface area contributed by atoms with Crippen molar-refractivity contribution in [2.24, 2.45) is 0 Å². The average molecular weight is 319 g/mol. The molecule has 0 aliphatic carbocycles. The second-order valence-corrected chi connectivity index (χ2v) is 5.17. The molecule has 0 unspecified atom stereocenters. The molecule has 5 nitrogen and oxygen atoms in total. The fourth-order valence-electron chi connectivity index (χ4n) is 1.86. The van der Waals surface area contributed by atoms with Crippen LogP contribution in [0.2, 0.25) is 10.0 Å². The predicted molar refractivity (Wildman–Crippen MR) is 78.1 cm³/mol. The average Bonchev–Trinajstić information content (AvgIpc) is 3.10. The minimum Gasteiger partial charge on any atom is -0.342 e. The highest BCUT2D eigenvalue weighted by molar-refractivity contribution is 6.35. The third-order valence-electron chi connectivity index (χ3n) is 2.87. The molecule has 3 rings (SSSR count). The zero-order chi connectivity index (χ0) is 14.8. The van der Waals surface area contributed by atoms with E-state index in [2.05, 4.69) is 15.1 Å². The van der Waals surface area contributed by atoms with Crippen molar-refractivity contribution in [3.8, 4) is 17.7 Å². The molecule has 3 aromatic rings. The Morgan fingerprint density at radius 1 is 1.24 bits per heavy atom. The van der Waals surface area contributed by atoms with E-state index in [1.807, 2.05) is 12.1 Å². The van der Waals surface area contributed by atoms with Crippen LogP contribution in [0.15, 0.2) is 34.9 Å². The fourth-order valence-corrected chi connectivity index (χ4v) is 2.33. The highest BCUT2D eigenvalue weighted by atomic mass is 35.5. The third kappa shape index (κ3) is 2.92. The summed E-state index contributed by atoms with van der Waals surface area (Å²) in [5.74, 6) is 0.832. The molecular formula is C14H8Cl2N4O. The van der Waals surface area contributed by atoms with Crippen molar-refractivity contribution >= 4 is 23.2 Å². The van der Waals surface area contributed by atoms with Gasteiger partial charge in [-0.05, 0) is 29.8 Å². The van der Waals surface area contributed by atoms with Crippen LogP contribution >= 0.6 is 23.2 Å². The molecule has 1 aromatic carbocycles. The number of aromatic nitrogens is 3. The minimum absolute atomic E-state index is 0.330. The lowest BCUT2D eigenvalue weighted by Crippen LogP contribution is -1.92. The summed E-state index contributed by atoms with van der Waals surface area (Å²) in [5, 5.41) is 13.8. The van der Waals surface area contributed by atoms with Gasteiger partial charge in [0.2, 0.25) is 0 Å². The number of hydrogen-bond acceptors (Lipinski definition) is 4. The van der Waals surface area contributed by atoms with Crippen LogP contribution < -0.4 is 0 Å². The molecule has 0 saturated carbocycles. The number of aromatic amines is 1. The van der Waals surface area contributed by atoms with Crippen molar-refractivity contribution in [2.75, 3.05) is 0 Å². The number of nitrogens with one attached hydrogen (secondary N) is 1. The van der Waals surface area contributed by atoms with Crippen molar-refractivity contribution in [3.63, 3.8) is 0 Å². The van der Waals surface area contributed by atoms with Gasteiger partial charge in [0, 0.05) is 16.5 Å². The molecule has 104 valence electrons. The Hall–Kier alpha value is -2.29. The first kappa shape index (κ1) is 13.7.